The lowest BCUT2D eigenvalue weighted by Gasteiger charge is -2.25. The van der Waals surface area contributed by atoms with Crippen LogP contribution in [0.4, 0.5) is 14.5 Å². The summed E-state index contributed by atoms with van der Waals surface area (Å²) >= 11 is 0. The molecule has 0 aromatic heterocycles. The predicted molar refractivity (Wildman–Crippen MR) is 116 cm³/mol. The fraction of sp³-hybridized carbons (Fsp3) is 0.350. The molecule has 2 aromatic carbocycles. The second-order valence-corrected chi connectivity index (χ2v) is 11.2. The van der Waals surface area contributed by atoms with Crippen LogP contribution in [0.2, 0.25) is 0 Å². The molecule has 8 nitrogen and oxygen atoms in total. The van der Waals surface area contributed by atoms with Crippen molar-refractivity contribution in [1.29, 1.82) is 0 Å². The van der Waals surface area contributed by atoms with E-state index in [0.717, 1.165) is 12.1 Å². The lowest BCUT2D eigenvalue weighted by atomic mass is 10.2. The molecule has 2 aliphatic rings. The van der Waals surface area contributed by atoms with Crippen LogP contribution in [0.3, 0.4) is 0 Å². The molecule has 1 saturated heterocycles. The van der Waals surface area contributed by atoms with Crippen molar-refractivity contribution in [3.63, 3.8) is 0 Å². The van der Waals surface area contributed by atoms with E-state index in [1.54, 1.807) is 6.92 Å². The molecule has 0 amide bonds. The highest BCUT2D eigenvalue weighted by Gasteiger charge is 2.31. The molecule has 32 heavy (non-hydrogen) atoms. The zero-order valence-electron chi connectivity index (χ0n) is 17.3. The molecule has 0 radical (unpaired) electrons. The summed E-state index contributed by atoms with van der Waals surface area (Å²) in [7, 11) is -7.92. The predicted octanol–water partition coefficient (Wildman–Crippen LogP) is 2.18. The van der Waals surface area contributed by atoms with E-state index in [2.05, 4.69) is 9.71 Å². The number of anilines is 1. The van der Waals surface area contributed by atoms with Gasteiger partial charge >= 0.3 is 0 Å². The molecule has 1 N–H and O–H groups in total. The maximum atomic E-state index is 14.1. The third-order valence-electron chi connectivity index (χ3n) is 5.44. The molecule has 1 fully saturated rings. The van der Waals surface area contributed by atoms with Gasteiger partial charge in [0.1, 0.15) is 22.4 Å². The van der Waals surface area contributed by atoms with Crippen LogP contribution in [0.25, 0.3) is 0 Å². The van der Waals surface area contributed by atoms with Crippen LogP contribution < -0.4 is 5.32 Å². The number of halogens is 2. The molecule has 172 valence electrons. The Kier molecular flexibility index (Phi) is 6.05. The third kappa shape index (κ3) is 4.40. The number of hydrogen-bond donors (Lipinski definition) is 1. The van der Waals surface area contributed by atoms with Crippen LogP contribution in [0.5, 0.6) is 0 Å². The van der Waals surface area contributed by atoms with Crippen LogP contribution in [0.15, 0.2) is 50.6 Å². The van der Waals surface area contributed by atoms with E-state index >= 15 is 0 Å². The topological polar surface area (TPSA) is 99.2 Å². The normalized spacial score (nSPS) is 19.5. The zero-order valence-corrected chi connectivity index (χ0v) is 18.9. The number of hydrogen-bond acceptors (Lipinski definition) is 6. The Bertz CT molecular complexity index is 1300. The zero-order chi connectivity index (χ0) is 23.1. The van der Waals surface area contributed by atoms with Gasteiger partial charge < -0.3 is 5.32 Å². The molecule has 0 unspecified atom stereocenters. The summed E-state index contributed by atoms with van der Waals surface area (Å²) in [5.41, 5.74) is 0.317. The maximum Gasteiger partial charge on any atom is 0.286 e. The first-order valence-corrected chi connectivity index (χ1v) is 12.8. The maximum absolute atomic E-state index is 14.1. The first-order valence-electron chi connectivity index (χ1n) is 9.96. The molecular weight excluding hydrogens is 462 g/mol. The van der Waals surface area contributed by atoms with Crippen molar-refractivity contribution in [2.45, 2.75) is 23.1 Å². The molecule has 0 aliphatic carbocycles. The van der Waals surface area contributed by atoms with Crippen molar-refractivity contribution >= 4 is 31.6 Å². The highest BCUT2D eigenvalue weighted by atomic mass is 32.2. The first-order chi connectivity index (χ1) is 15.1. The summed E-state index contributed by atoms with van der Waals surface area (Å²) in [5, 5.41) is 2.75. The summed E-state index contributed by atoms with van der Waals surface area (Å²) in [6.07, 6.45) is 0.485. The highest BCUT2D eigenvalue weighted by molar-refractivity contribution is 7.90. The van der Waals surface area contributed by atoms with Crippen molar-refractivity contribution in [3.05, 3.63) is 53.6 Å². The average molecular weight is 485 g/mol. The number of amidine groups is 1. The van der Waals surface area contributed by atoms with Gasteiger partial charge in [-0.2, -0.15) is 12.7 Å². The van der Waals surface area contributed by atoms with Gasteiger partial charge in [-0.25, -0.2) is 17.2 Å². The van der Waals surface area contributed by atoms with Crippen molar-refractivity contribution in [3.8, 4) is 0 Å². The lowest BCUT2D eigenvalue weighted by Crippen LogP contribution is -2.39. The molecule has 0 saturated carbocycles. The van der Waals surface area contributed by atoms with E-state index in [1.807, 2.05) is 4.90 Å². The van der Waals surface area contributed by atoms with Crippen LogP contribution in [-0.2, 0) is 20.0 Å². The van der Waals surface area contributed by atoms with Gasteiger partial charge in [0.15, 0.2) is 0 Å². The van der Waals surface area contributed by atoms with E-state index in [0.29, 0.717) is 25.1 Å². The number of sulfonamides is 2. The molecule has 12 heteroatoms. The number of nitrogens with one attached hydrogen (secondary N) is 1. The van der Waals surface area contributed by atoms with Gasteiger partial charge in [-0.05, 0) is 49.7 Å². The number of para-hydroxylation sites is 1. The Balaban J connectivity index is 1.49. The summed E-state index contributed by atoms with van der Waals surface area (Å²) in [4.78, 5) is 1.56. The van der Waals surface area contributed by atoms with Gasteiger partial charge in [-0.1, -0.05) is 12.1 Å². The monoisotopic (exact) mass is 484 g/mol. The third-order valence-corrected chi connectivity index (χ3v) is 8.84. The minimum atomic E-state index is -4.04. The van der Waals surface area contributed by atoms with Crippen LogP contribution in [0.1, 0.15) is 12.0 Å². The largest absolute Gasteiger partial charge is 0.338 e. The summed E-state index contributed by atoms with van der Waals surface area (Å²) < 4.78 is 83.8. The van der Waals surface area contributed by atoms with Gasteiger partial charge in [0.25, 0.3) is 10.0 Å². The van der Waals surface area contributed by atoms with E-state index in [4.69, 9.17) is 0 Å². The van der Waals surface area contributed by atoms with Gasteiger partial charge in [-0.15, -0.1) is 4.40 Å². The van der Waals surface area contributed by atoms with E-state index in [1.165, 1.54) is 28.6 Å². The van der Waals surface area contributed by atoms with Crippen molar-refractivity contribution in [1.82, 2.24) is 9.21 Å². The van der Waals surface area contributed by atoms with E-state index < -0.39 is 31.7 Å². The van der Waals surface area contributed by atoms with Crippen molar-refractivity contribution < 1.29 is 25.6 Å². The Morgan fingerprint density at radius 1 is 1.09 bits per heavy atom. The Morgan fingerprint density at radius 3 is 2.66 bits per heavy atom. The first kappa shape index (κ1) is 22.8. The molecule has 0 atom stereocenters. The average Bonchev–Trinajstić information content (AvgIpc) is 2.96. The highest BCUT2D eigenvalue weighted by Crippen LogP contribution is 2.29. The van der Waals surface area contributed by atoms with Crippen molar-refractivity contribution in [2.75, 3.05) is 38.0 Å². The molecule has 0 bridgehead atoms. The molecular formula is C20H22F2N4O4S2. The Labute approximate surface area is 185 Å². The number of fused-ring (bicyclic) bond motifs is 1. The number of benzene rings is 2. The fourth-order valence-corrected chi connectivity index (χ4v) is 6.67. The van der Waals surface area contributed by atoms with Crippen LogP contribution >= 0.6 is 0 Å². The fourth-order valence-electron chi connectivity index (χ4n) is 3.82. The Morgan fingerprint density at radius 2 is 1.88 bits per heavy atom. The number of rotatable bonds is 4. The standard InChI is InChI=1S/C20H22F2N4O4S2/c1-14-6-7-15(21)12-18(14)32(29,30)26-9-3-8-25(10-11-26)13-19-23-20-16(22)4-2-5-17(20)31(27,28)24-19/h2,4-7,12H,3,8-11,13H2,1H3,(H,23,24). The van der Waals surface area contributed by atoms with Crippen LogP contribution in [0, 0.1) is 18.6 Å². The smallest absolute Gasteiger partial charge is 0.286 e. The second-order valence-electron chi connectivity index (χ2n) is 7.69. The SMILES string of the molecule is Cc1ccc(F)cc1S(=O)(=O)N1CCCN(CC2=NS(=O)(=O)c3cccc(F)c3N2)CC1. The lowest BCUT2D eigenvalue weighted by molar-refractivity contribution is 0.324. The van der Waals surface area contributed by atoms with Crippen molar-refractivity contribution in [2.24, 2.45) is 4.40 Å². The molecule has 2 heterocycles. The summed E-state index contributed by atoms with van der Waals surface area (Å²) in [5.74, 6) is -1.25. The molecule has 4 rings (SSSR count). The van der Waals surface area contributed by atoms with E-state index in [-0.39, 0.29) is 40.9 Å². The second kappa shape index (κ2) is 8.50. The minimum Gasteiger partial charge on any atom is -0.338 e. The van der Waals surface area contributed by atoms with Gasteiger partial charge in [0, 0.05) is 19.6 Å². The molecule has 2 aliphatic heterocycles. The Hall–Kier alpha value is -2.41. The van der Waals surface area contributed by atoms with Crippen LogP contribution in [-0.4, -0.2) is 64.6 Å². The van der Waals surface area contributed by atoms with E-state index in [9.17, 15) is 25.6 Å². The quantitative estimate of drug-likeness (QED) is 0.714. The number of aryl methyl sites for hydroxylation is 1. The molecule has 2 aromatic rings. The summed E-state index contributed by atoms with van der Waals surface area (Å²) in [6.45, 7) is 2.87. The van der Waals surface area contributed by atoms with Gasteiger partial charge in [0.2, 0.25) is 10.0 Å². The summed E-state index contributed by atoms with van der Waals surface area (Å²) in [6, 6.07) is 7.41. The van der Waals surface area contributed by atoms with Gasteiger partial charge in [0.05, 0.1) is 17.1 Å². The number of nitrogens with zero attached hydrogens (tertiary/aromatic N) is 3. The van der Waals surface area contributed by atoms with Gasteiger partial charge in [-0.3, -0.25) is 4.90 Å². The molecule has 0 spiro atoms. The minimum absolute atomic E-state index is 0.0672.